The van der Waals surface area contributed by atoms with Crippen molar-refractivity contribution in [1.29, 1.82) is 0 Å². The summed E-state index contributed by atoms with van der Waals surface area (Å²) in [6.07, 6.45) is 1.35. The Balaban J connectivity index is 2.59. The molecule has 1 aromatic carbocycles. The fourth-order valence-corrected chi connectivity index (χ4v) is 3.19. The lowest BCUT2D eigenvalue weighted by Gasteiger charge is -2.10. The third kappa shape index (κ3) is 2.50. The van der Waals surface area contributed by atoms with E-state index in [0.717, 1.165) is 11.1 Å². The quantitative estimate of drug-likeness (QED) is 0.874. The molecule has 0 fully saturated rings. The molecule has 1 N–H and O–H groups in total. The summed E-state index contributed by atoms with van der Waals surface area (Å²) in [4.78, 5) is 12.4. The zero-order valence-corrected chi connectivity index (χ0v) is 12.7. The van der Waals surface area contributed by atoms with Crippen LogP contribution in [-0.2, 0) is 13.6 Å². The lowest BCUT2D eigenvalue weighted by atomic mass is 10.1. The normalized spacial score (nSPS) is 11.8. The van der Waals surface area contributed by atoms with Gasteiger partial charge in [0.1, 0.15) is 5.30 Å². The first-order chi connectivity index (χ1) is 9.41. The maximum Gasteiger partial charge on any atom is 0.368 e. The van der Waals surface area contributed by atoms with Crippen molar-refractivity contribution in [2.45, 2.75) is 13.8 Å². The minimum atomic E-state index is -3.56. The second kappa shape index (κ2) is 5.40. The fourth-order valence-electron chi connectivity index (χ4n) is 2.10. The van der Waals surface area contributed by atoms with Crippen LogP contribution in [0.2, 0.25) is 0 Å². The molecule has 0 amide bonds. The Morgan fingerprint density at radius 1 is 1.10 bits per heavy atom. The van der Waals surface area contributed by atoms with Crippen LogP contribution in [0.25, 0.3) is 5.69 Å². The first-order valence-corrected chi connectivity index (χ1v) is 7.56. The molecular weight excluding hydrogens is 279 g/mol. The molecule has 0 saturated heterocycles. The van der Waals surface area contributed by atoms with Crippen molar-refractivity contribution >= 4 is 12.9 Å². The molecule has 1 heterocycles. The van der Waals surface area contributed by atoms with Crippen LogP contribution in [0, 0.1) is 13.8 Å². The predicted octanol–water partition coefficient (Wildman–Crippen LogP) is 1.89. The molecule has 1 aromatic heterocycles. The van der Waals surface area contributed by atoms with Crippen molar-refractivity contribution in [2.24, 2.45) is 0 Å². The maximum absolute atomic E-state index is 12.4. The van der Waals surface area contributed by atoms with E-state index >= 15 is 0 Å². The molecule has 0 radical (unpaired) electrons. The molecule has 0 aliphatic rings. The highest BCUT2D eigenvalue weighted by Crippen LogP contribution is 2.43. The van der Waals surface area contributed by atoms with E-state index in [1.54, 1.807) is 0 Å². The smallest absolute Gasteiger partial charge is 0.308 e. The van der Waals surface area contributed by atoms with Gasteiger partial charge >= 0.3 is 7.60 Å². The van der Waals surface area contributed by atoms with Gasteiger partial charge in [-0.1, -0.05) is 6.07 Å². The van der Waals surface area contributed by atoms with Gasteiger partial charge in [-0.15, -0.1) is 0 Å². The molecule has 0 unspecified atom stereocenters. The van der Waals surface area contributed by atoms with Crippen LogP contribution in [-0.4, -0.2) is 24.0 Å². The molecule has 0 bridgehead atoms. The number of hydrogen-bond donors (Lipinski definition) is 1. The SMILES string of the molecule is COP(=O)(OC)c1c[nH]n(-c2cc(C)cc(C)c2)c1=O. The lowest BCUT2D eigenvalue weighted by molar-refractivity contribution is 0.287. The van der Waals surface area contributed by atoms with E-state index in [2.05, 4.69) is 5.10 Å². The van der Waals surface area contributed by atoms with Gasteiger partial charge in [0.25, 0.3) is 5.56 Å². The van der Waals surface area contributed by atoms with Gasteiger partial charge in [-0.05, 0) is 37.1 Å². The molecule has 0 spiro atoms. The van der Waals surface area contributed by atoms with Crippen LogP contribution in [0.1, 0.15) is 11.1 Å². The highest BCUT2D eigenvalue weighted by molar-refractivity contribution is 7.62. The van der Waals surface area contributed by atoms with E-state index in [1.165, 1.54) is 25.1 Å². The van der Waals surface area contributed by atoms with Gasteiger partial charge in [-0.2, -0.15) is 0 Å². The summed E-state index contributed by atoms with van der Waals surface area (Å²) in [5, 5.41) is 2.78. The molecular formula is C13H17N2O4P. The van der Waals surface area contributed by atoms with Crippen LogP contribution in [0.15, 0.2) is 29.2 Å². The number of aromatic nitrogens is 2. The third-order valence-corrected chi connectivity index (χ3v) is 4.86. The lowest BCUT2D eigenvalue weighted by Crippen LogP contribution is -2.28. The minimum Gasteiger partial charge on any atom is -0.308 e. The second-order valence-corrected chi connectivity index (χ2v) is 6.71. The second-order valence-electron chi connectivity index (χ2n) is 4.51. The predicted molar refractivity (Wildman–Crippen MR) is 77.1 cm³/mol. The van der Waals surface area contributed by atoms with Crippen molar-refractivity contribution in [1.82, 2.24) is 9.78 Å². The summed E-state index contributed by atoms with van der Waals surface area (Å²) in [6, 6.07) is 5.73. The Kier molecular flexibility index (Phi) is 3.99. The first-order valence-electron chi connectivity index (χ1n) is 6.02. The van der Waals surface area contributed by atoms with Crippen molar-refractivity contribution in [2.75, 3.05) is 14.2 Å². The van der Waals surface area contributed by atoms with Gasteiger partial charge in [-0.25, -0.2) is 4.68 Å². The van der Waals surface area contributed by atoms with E-state index < -0.39 is 13.2 Å². The summed E-state index contributed by atoms with van der Waals surface area (Å²) in [5.74, 6) is 0. The van der Waals surface area contributed by atoms with Gasteiger partial charge in [0, 0.05) is 20.4 Å². The topological polar surface area (TPSA) is 73.3 Å². The summed E-state index contributed by atoms with van der Waals surface area (Å²) in [5.41, 5.74) is 2.30. The Morgan fingerprint density at radius 2 is 1.65 bits per heavy atom. The Labute approximate surface area is 116 Å². The standard InChI is InChI=1S/C13H17N2O4P/c1-9-5-10(2)7-11(6-9)15-13(16)12(8-14-15)20(17,18-3)19-4/h5-8,14H,1-4H3. The number of H-pyrrole nitrogens is 1. The molecule has 0 aliphatic carbocycles. The number of aryl methyl sites for hydroxylation is 2. The van der Waals surface area contributed by atoms with E-state index in [-0.39, 0.29) is 5.30 Å². The molecule has 20 heavy (non-hydrogen) atoms. The Bertz CT molecular complexity index is 704. The zero-order chi connectivity index (χ0) is 14.9. The van der Waals surface area contributed by atoms with Crippen molar-refractivity contribution < 1.29 is 13.6 Å². The largest absolute Gasteiger partial charge is 0.368 e. The van der Waals surface area contributed by atoms with Gasteiger partial charge in [0.15, 0.2) is 0 Å². The number of rotatable bonds is 4. The minimum absolute atomic E-state index is 0.0124. The molecule has 6 nitrogen and oxygen atoms in total. The summed E-state index contributed by atoms with van der Waals surface area (Å²) >= 11 is 0. The van der Waals surface area contributed by atoms with Crippen LogP contribution >= 0.6 is 7.60 Å². The number of hydrogen-bond acceptors (Lipinski definition) is 4. The maximum atomic E-state index is 12.4. The number of nitrogens with zero attached hydrogens (tertiary/aromatic N) is 1. The number of nitrogens with one attached hydrogen (secondary N) is 1. The highest BCUT2D eigenvalue weighted by Gasteiger charge is 2.30. The van der Waals surface area contributed by atoms with Crippen LogP contribution in [0.5, 0.6) is 0 Å². The molecule has 0 aliphatic heterocycles. The average molecular weight is 296 g/mol. The average Bonchev–Trinajstić information content (AvgIpc) is 2.79. The van der Waals surface area contributed by atoms with Crippen LogP contribution < -0.4 is 10.9 Å². The van der Waals surface area contributed by atoms with E-state index in [1.807, 2.05) is 32.0 Å². The number of benzene rings is 1. The highest BCUT2D eigenvalue weighted by atomic mass is 31.2. The molecule has 0 atom stereocenters. The Morgan fingerprint density at radius 3 is 2.15 bits per heavy atom. The Hall–Kier alpha value is -1.62. The van der Waals surface area contributed by atoms with Gasteiger partial charge in [0.2, 0.25) is 0 Å². The fraction of sp³-hybridized carbons (Fsp3) is 0.308. The monoisotopic (exact) mass is 296 g/mol. The summed E-state index contributed by atoms with van der Waals surface area (Å²) in [7, 11) is -1.06. The van der Waals surface area contributed by atoms with E-state index in [0.29, 0.717) is 5.69 Å². The van der Waals surface area contributed by atoms with Crippen molar-refractivity contribution in [3.05, 3.63) is 45.9 Å². The third-order valence-electron chi connectivity index (χ3n) is 2.99. The summed E-state index contributed by atoms with van der Waals surface area (Å²) < 4.78 is 23.3. The molecule has 0 saturated carbocycles. The summed E-state index contributed by atoms with van der Waals surface area (Å²) in [6.45, 7) is 3.89. The molecule has 108 valence electrons. The zero-order valence-electron chi connectivity index (χ0n) is 11.8. The molecule has 2 aromatic rings. The van der Waals surface area contributed by atoms with E-state index in [4.69, 9.17) is 9.05 Å². The van der Waals surface area contributed by atoms with Crippen LogP contribution in [0.3, 0.4) is 0 Å². The van der Waals surface area contributed by atoms with Gasteiger partial charge in [0.05, 0.1) is 5.69 Å². The van der Waals surface area contributed by atoms with E-state index in [9.17, 15) is 9.36 Å². The van der Waals surface area contributed by atoms with Gasteiger partial charge in [-0.3, -0.25) is 14.5 Å². The molecule has 7 heteroatoms. The number of aromatic amines is 1. The van der Waals surface area contributed by atoms with Crippen LogP contribution in [0.4, 0.5) is 0 Å². The first kappa shape index (κ1) is 14.8. The van der Waals surface area contributed by atoms with Crippen molar-refractivity contribution in [3.8, 4) is 5.69 Å². The van der Waals surface area contributed by atoms with Gasteiger partial charge < -0.3 is 9.05 Å². The van der Waals surface area contributed by atoms with Crippen molar-refractivity contribution in [3.63, 3.8) is 0 Å². The molecule has 2 rings (SSSR count).